The maximum Gasteiger partial charge on any atom is 0.126 e. The summed E-state index contributed by atoms with van der Waals surface area (Å²) in [6.07, 6.45) is 5.63. The lowest BCUT2D eigenvalue weighted by molar-refractivity contribution is 0.174. The fraction of sp³-hybridized carbons (Fsp3) is 0.429. The summed E-state index contributed by atoms with van der Waals surface area (Å²) in [6, 6.07) is 16.9. The lowest BCUT2D eigenvalue weighted by Gasteiger charge is -2.25. The molecule has 1 fully saturated rings. The highest BCUT2D eigenvalue weighted by Gasteiger charge is 2.18. The second-order valence-electron chi connectivity index (χ2n) is 6.66. The molecule has 3 heteroatoms. The molecule has 0 spiro atoms. The van der Waals surface area contributed by atoms with Crippen LogP contribution in [0.3, 0.4) is 0 Å². The van der Waals surface area contributed by atoms with Crippen LogP contribution in [0.5, 0.6) is 5.75 Å². The number of piperidine rings is 1. The van der Waals surface area contributed by atoms with Crippen LogP contribution in [0.4, 0.5) is 4.39 Å². The summed E-state index contributed by atoms with van der Waals surface area (Å²) >= 11 is 0. The van der Waals surface area contributed by atoms with Crippen LogP contribution in [0, 0.1) is 11.7 Å². The van der Waals surface area contributed by atoms with Crippen molar-refractivity contribution in [3.8, 4) is 5.75 Å². The average molecular weight is 327 g/mol. The second-order valence-corrected chi connectivity index (χ2v) is 6.66. The van der Waals surface area contributed by atoms with E-state index in [0.29, 0.717) is 5.75 Å². The van der Waals surface area contributed by atoms with E-state index in [9.17, 15) is 4.39 Å². The monoisotopic (exact) mass is 327 g/mol. The van der Waals surface area contributed by atoms with Crippen molar-refractivity contribution in [2.45, 2.75) is 38.2 Å². The maximum absolute atomic E-state index is 13.4. The Hall–Kier alpha value is -1.87. The number of benzene rings is 2. The van der Waals surface area contributed by atoms with Crippen molar-refractivity contribution in [2.24, 2.45) is 5.92 Å². The van der Waals surface area contributed by atoms with Crippen molar-refractivity contribution in [3.63, 3.8) is 0 Å². The van der Waals surface area contributed by atoms with Crippen LogP contribution in [0.15, 0.2) is 54.6 Å². The molecule has 0 aliphatic carbocycles. The van der Waals surface area contributed by atoms with Gasteiger partial charge in [-0.15, -0.1) is 0 Å². The summed E-state index contributed by atoms with van der Waals surface area (Å²) < 4.78 is 19.6. The Labute approximate surface area is 144 Å². The molecule has 1 atom stereocenters. The van der Waals surface area contributed by atoms with Crippen LogP contribution in [-0.2, 0) is 6.42 Å². The van der Waals surface area contributed by atoms with E-state index >= 15 is 0 Å². The van der Waals surface area contributed by atoms with Gasteiger partial charge in [0.05, 0.1) is 0 Å². The third-order valence-corrected chi connectivity index (χ3v) is 4.76. The molecule has 0 radical (unpaired) electrons. The standard InChI is InChI=1S/C21H26FNO/c22-19-7-4-8-20(16-19)24-21(15-18-5-2-1-3-6-18)10-9-17-11-13-23-14-12-17/h1-8,16-17,21,23H,9-15H2. The van der Waals surface area contributed by atoms with Gasteiger partial charge in [-0.3, -0.25) is 0 Å². The van der Waals surface area contributed by atoms with Crippen LogP contribution in [0.1, 0.15) is 31.2 Å². The largest absolute Gasteiger partial charge is 0.490 e. The summed E-state index contributed by atoms with van der Waals surface area (Å²) in [7, 11) is 0. The van der Waals surface area contributed by atoms with E-state index in [0.717, 1.165) is 31.8 Å². The van der Waals surface area contributed by atoms with Crippen LogP contribution in [-0.4, -0.2) is 19.2 Å². The van der Waals surface area contributed by atoms with Crippen molar-refractivity contribution in [1.82, 2.24) is 5.32 Å². The molecule has 24 heavy (non-hydrogen) atoms. The molecule has 2 nitrogen and oxygen atoms in total. The Morgan fingerprint density at radius 1 is 1.04 bits per heavy atom. The second kappa shape index (κ2) is 8.84. The van der Waals surface area contributed by atoms with Crippen LogP contribution >= 0.6 is 0 Å². The van der Waals surface area contributed by atoms with Crippen molar-refractivity contribution in [2.75, 3.05) is 13.1 Å². The van der Waals surface area contributed by atoms with Gasteiger partial charge in [-0.25, -0.2) is 4.39 Å². The maximum atomic E-state index is 13.4. The van der Waals surface area contributed by atoms with Gasteiger partial charge in [-0.1, -0.05) is 36.4 Å². The molecule has 128 valence electrons. The highest BCUT2D eigenvalue weighted by Crippen LogP contribution is 2.23. The molecule has 1 unspecified atom stereocenters. The van der Waals surface area contributed by atoms with E-state index in [4.69, 9.17) is 4.74 Å². The van der Waals surface area contributed by atoms with Gasteiger partial charge in [0.1, 0.15) is 17.7 Å². The highest BCUT2D eigenvalue weighted by molar-refractivity contribution is 5.23. The number of hydrogen-bond donors (Lipinski definition) is 1. The molecular weight excluding hydrogens is 301 g/mol. The van der Waals surface area contributed by atoms with Gasteiger partial charge in [0.25, 0.3) is 0 Å². The van der Waals surface area contributed by atoms with Gasteiger partial charge in [0.15, 0.2) is 0 Å². The van der Waals surface area contributed by atoms with Gasteiger partial charge < -0.3 is 10.1 Å². The zero-order valence-electron chi connectivity index (χ0n) is 14.1. The van der Waals surface area contributed by atoms with E-state index in [1.165, 1.54) is 37.0 Å². The first-order valence-electron chi connectivity index (χ1n) is 8.96. The highest BCUT2D eigenvalue weighted by atomic mass is 19.1. The molecule has 0 aromatic heterocycles. The van der Waals surface area contributed by atoms with E-state index in [1.807, 2.05) is 12.1 Å². The Morgan fingerprint density at radius 2 is 1.83 bits per heavy atom. The Balaban J connectivity index is 1.63. The molecule has 1 aliphatic heterocycles. The number of nitrogens with one attached hydrogen (secondary N) is 1. The summed E-state index contributed by atoms with van der Waals surface area (Å²) in [6.45, 7) is 2.25. The predicted molar refractivity (Wildman–Crippen MR) is 95.8 cm³/mol. The summed E-state index contributed by atoms with van der Waals surface area (Å²) in [5, 5.41) is 3.42. The fourth-order valence-corrected chi connectivity index (χ4v) is 3.40. The average Bonchev–Trinajstić information content (AvgIpc) is 2.61. The van der Waals surface area contributed by atoms with Crippen molar-refractivity contribution < 1.29 is 9.13 Å². The Kier molecular flexibility index (Phi) is 6.25. The van der Waals surface area contributed by atoms with Gasteiger partial charge in [-0.2, -0.15) is 0 Å². The number of halogens is 1. The predicted octanol–water partition coefficient (Wildman–Crippen LogP) is 4.60. The van der Waals surface area contributed by atoms with Crippen LogP contribution < -0.4 is 10.1 Å². The molecule has 2 aromatic rings. The van der Waals surface area contributed by atoms with Gasteiger partial charge in [0, 0.05) is 12.5 Å². The summed E-state index contributed by atoms with van der Waals surface area (Å²) in [4.78, 5) is 0. The zero-order valence-corrected chi connectivity index (χ0v) is 14.1. The first kappa shape index (κ1) is 17.0. The summed E-state index contributed by atoms with van der Waals surface area (Å²) in [5.74, 6) is 1.16. The molecular formula is C21H26FNO. The molecule has 1 heterocycles. The Morgan fingerprint density at radius 3 is 2.58 bits per heavy atom. The lowest BCUT2D eigenvalue weighted by Crippen LogP contribution is -2.29. The molecule has 0 amide bonds. The van der Waals surface area contributed by atoms with E-state index in [1.54, 1.807) is 6.07 Å². The molecule has 3 rings (SSSR count). The van der Waals surface area contributed by atoms with Crippen molar-refractivity contribution >= 4 is 0 Å². The lowest BCUT2D eigenvalue weighted by atomic mass is 9.91. The van der Waals surface area contributed by atoms with Crippen molar-refractivity contribution in [1.29, 1.82) is 0 Å². The van der Waals surface area contributed by atoms with Gasteiger partial charge >= 0.3 is 0 Å². The SMILES string of the molecule is Fc1cccc(OC(CCC2CCNCC2)Cc2ccccc2)c1. The quantitative estimate of drug-likeness (QED) is 0.803. The topological polar surface area (TPSA) is 21.3 Å². The summed E-state index contributed by atoms with van der Waals surface area (Å²) in [5.41, 5.74) is 1.27. The minimum absolute atomic E-state index is 0.0871. The van der Waals surface area contributed by atoms with E-state index in [-0.39, 0.29) is 11.9 Å². The first-order chi connectivity index (χ1) is 11.8. The normalized spacial score (nSPS) is 16.7. The fourth-order valence-electron chi connectivity index (χ4n) is 3.40. The molecule has 2 aromatic carbocycles. The third-order valence-electron chi connectivity index (χ3n) is 4.76. The third kappa shape index (κ3) is 5.34. The zero-order chi connectivity index (χ0) is 16.6. The molecule has 0 bridgehead atoms. The van der Waals surface area contributed by atoms with Crippen molar-refractivity contribution in [3.05, 3.63) is 66.0 Å². The molecule has 0 saturated carbocycles. The minimum Gasteiger partial charge on any atom is -0.490 e. The molecule has 1 saturated heterocycles. The van der Waals surface area contributed by atoms with Crippen LogP contribution in [0.25, 0.3) is 0 Å². The molecule has 1 aliphatic rings. The first-order valence-corrected chi connectivity index (χ1v) is 8.96. The van der Waals surface area contributed by atoms with E-state index < -0.39 is 0 Å². The smallest absolute Gasteiger partial charge is 0.126 e. The minimum atomic E-state index is -0.246. The van der Waals surface area contributed by atoms with Crippen LogP contribution in [0.2, 0.25) is 0 Å². The molecule has 1 N–H and O–H groups in total. The number of hydrogen-bond acceptors (Lipinski definition) is 2. The number of ether oxygens (including phenoxy) is 1. The Bertz CT molecular complexity index is 610. The van der Waals surface area contributed by atoms with Gasteiger partial charge in [0.2, 0.25) is 0 Å². The van der Waals surface area contributed by atoms with E-state index in [2.05, 4.69) is 29.6 Å². The van der Waals surface area contributed by atoms with Gasteiger partial charge in [-0.05, 0) is 62.4 Å². The number of rotatable bonds is 7.